The highest BCUT2D eigenvalue weighted by molar-refractivity contribution is 9.11. The van der Waals surface area contributed by atoms with Crippen molar-refractivity contribution in [3.8, 4) is 5.75 Å². The summed E-state index contributed by atoms with van der Waals surface area (Å²) in [6.45, 7) is 0.377. The maximum atomic E-state index is 5.88. The molecule has 1 aromatic heterocycles. The normalized spacial score (nSPS) is 10.3. The Bertz CT molecular complexity index is 513. The maximum Gasteiger partial charge on any atom is 0.148 e. The summed E-state index contributed by atoms with van der Waals surface area (Å²) >= 11 is 12.7. The first-order valence-electron chi connectivity index (χ1n) is 4.84. The smallest absolute Gasteiger partial charge is 0.148 e. The van der Waals surface area contributed by atoms with Gasteiger partial charge in [0, 0.05) is 11.2 Å². The van der Waals surface area contributed by atoms with Gasteiger partial charge in [0.1, 0.15) is 12.4 Å². The molecule has 0 saturated carbocycles. The molecule has 0 bridgehead atoms. The minimum Gasteiger partial charge on any atom is -0.485 e. The Morgan fingerprint density at radius 1 is 1.18 bits per heavy atom. The van der Waals surface area contributed by atoms with E-state index in [9.17, 15) is 0 Å². The Balaban J connectivity index is 2.13. The lowest BCUT2D eigenvalue weighted by Crippen LogP contribution is -1.99. The number of nitrogens with zero attached hydrogens (tertiary/aromatic N) is 1. The highest BCUT2D eigenvalue weighted by Crippen LogP contribution is 2.33. The van der Waals surface area contributed by atoms with Crippen LogP contribution in [0.1, 0.15) is 5.69 Å². The van der Waals surface area contributed by atoms with Gasteiger partial charge in [0.05, 0.1) is 14.6 Å². The first-order valence-corrected chi connectivity index (χ1v) is 6.80. The third kappa shape index (κ3) is 3.44. The SMILES string of the molecule is Clc1ccnc(COc2c(Br)cccc2Br)c1. The second-order valence-electron chi connectivity index (χ2n) is 3.30. The first-order chi connectivity index (χ1) is 8.16. The summed E-state index contributed by atoms with van der Waals surface area (Å²) in [7, 11) is 0. The van der Waals surface area contributed by atoms with Gasteiger partial charge in [-0.25, -0.2) is 0 Å². The number of halogens is 3. The van der Waals surface area contributed by atoms with E-state index in [1.54, 1.807) is 18.3 Å². The van der Waals surface area contributed by atoms with Crippen molar-refractivity contribution in [2.24, 2.45) is 0 Å². The Labute approximate surface area is 121 Å². The van der Waals surface area contributed by atoms with Gasteiger partial charge < -0.3 is 4.74 Å². The van der Waals surface area contributed by atoms with Crippen molar-refractivity contribution in [2.45, 2.75) is 6.61 Å². The lowest BCUT2D eigenvalue weighted by atomic mass is 10.3. The standard InChI is InChI=1S/C12H8Br2ClNO/c13-10-2-1-3-11(14)12(10)17-7-9-6-8(15)4-5-16-9/h1-6H,7H2. The molecule has 0 spiro atoms. The highest BCUT2D eigenvalue weighted by Gasteiger charge is 2.06. The number of hydrogen-bond acceptors (Lipinski definition) is 2. The van der Waals surface area contributed by atoms with Gasteiger partial charge in [-0.1, -0.05) is 17.7 Å². The third-order valence-electron chi connectivity index (χ3n) is 2.06. The van der Waals surface area contributed by atoms with E-state index in [-0.39, 0.29) is 0 Å². The van der Waals surface area contributed by atoms with Crippen LogP contribution in [0, 0.1) is 0 Å². The van der Waals surface area contributed by atoms with Gasteiger partial charge in [0.25, 0.3) is 0 Å². The fourth-order valence-corrected chi connectivity index (χ4v) is 2.70. The highest BCUT2D eigenvalue weighted by atomic mass is 79.9. The molecule has 2 rings (SSSR count). The molecule has 5 heteroatoms. The van der Waals surface area contributed by atoms with Crippen LogP contribution in [-0.2, 0) is 6.61 Å². The van der Waals surface area contributed by atoms with Crippen LogP contribution in [0.2, 0.25) is 5.02 Å². The second-order valence-corrected chi connectivity index (χ2v) is 5.45. The molecule has 0 atom stereocenters. The minimum absolute atomic E-state index is 0.377. The molecule has 2 nitrogen and oxygen atoms in total. The number of hydrogen-bond donors (Lipinski definition) is 0. The molecule has 0 unspecified atom stereocenters. The summed E-state index contributed by atoms with van der Waals surface area (Å²) in [5.41, 5.74) is 0.792. The quantitative estimate of drug-likeness (QED) is 0.764. The molecule has 0 N–H and O–H groups in total. The van der Waals surface area contributed by atoms with Crippen molar-refractivity contribution < 1.29 is 4.74 Å². The molecule has 17 heavy (non-hydrogen) atoms. The van der Waals surface area contributed by atoms with Gasteiger partial charge in [0.2, 0.25) is 0 Å². The van der Waals surface area contributed by atoms with E-state index in [4.69, 9.17) is 16.3 Å². The van der Waals surface area contributed by atoms with Crippen molar-refractivity contribution in [3.63, 3.8) is 0 Å². The first kappa shape index (κ1) is 12.9. The van der Waals surface area contributed by atoms with E-state index in [0.717, 1.165) is 20.4 Å². The third-order valence-corrected chi connectivity index (χ3v) is 3.55. The molecular weight excluding hydrogens is 369 g/mol. The molecule has 0 aliphatic carbocycles. The van der Waals surface area contributed by atoms with Crippen LogP contribution in [0.3, 0.4) is 0 Å². The zero-order chi connectivity index (χ0) is 12.3. The molecule has 2 aromatic rings. The molecule has 0 aliphatic rings. The van der Waals surface area contributed by atoms with Crippen LogP contribution < -0.4 is 4.74 Å². The molecule has 1 aromatic carbocycles. The van der Waals surface area contributed by atoms with E-state index in [2.05, 4.69) is 36.8 Å². The Morgan fingerprint density at radius 3 is 2.53 bits per heavy atom. The van der Waals surface area contributed by atoms with Gasteiger partial charge in [-0.05, 0) is 56.1 Å². The molecule has 88 valence electrons. The Morgan fingerprint density at radius 2 is 1.88 bits per heavy atom. The van der Waals surface area contributed by atoms with Crippen molar-refractivity contribution in [1.29, 1.82) is 0 Å². The lowest BCUT2D eigenvalue weighted by molar-refractivity contribution is 0.297. The van der Waals surface area contributed by atoms with Crippen LogP contribution in [0.4, 0.5) is 0 Å². The Hall–Kier alpha value is -0.580. The molecule has 1 heterocycles. The van der Waals surface area contributed by atoms with Crippen LogP contribution in [0.15, 0.2) is 45.5 Å². The predicted octanol–water partition coefficient (Wildman–Crippen LogP) is 4.84. The zero-order valence-electron chi connectivity index (χ0n) is 8.66. The van der Waals surface area contributed by atoms with Gasteiger partial charge in [-0.2, -0.15) is 0 Å². The minimum atomic E-state index is 0.377. The maximum absolute atomic E-state index is 5.88. The van der Waals surface area contributed by atoms with E-state index in [1.807, 2.05) is 18.2 Å². The van der Waals surface area contributed by atoms with Gasteiger partial charge in [-0.15, -0.1) is 0 Å². The van der Waals surface area contributed by atoms with E-state index < -0.39 is 0 Å². The molecule has 0 aliphatic heterocycles. The fourth-order valence-electron chi connectivity index (χ4n) is 1.29. The average molecular weight is 377 g/mol. The van der Waals surface area contributed by atoms with Crippen molar-refractivity contribution in [3.05, 3.63) is 56.2 Å². The van der Waals surface area contributed by atoms with Crippen LogP contribution in [-0.4, -0.2) is 4.98 Å². The topological polar surface area (TPSA) is 22.1 Å². The van der Waals surface area contributed by atoms with Crippen LogP contribution in [0.25, 0.3) is 0 Å². The van der Waals surface area contributed by atoms with Crippen LogP contribution in [0.5, 0.6) is 5.75 Å². The predicted molar refractivity (Wildman–Crippen MR) is 75.4 cm³/mol. The number of aromatic nitrogens is 1. The summed E-state index contributed by atoms with van der Waals surface area (Å²) in [4.78, 5) is 4.17. The molecule has 0 amide bonds. The van der Waals surface area contributed by atoms with E-state index in [0.29, 0.717) is 11.6 Å². The Kier molecular flexibility index (Phi) is 4.42. The van der Waals surface area contributed by atoms with Crippen LogP contribution >= 0.6 is 43.5 Å². The number of benzene rings is 1. The van der Waals surface area contributed by atoms with Gasteiger partial charge >= 0.3 is 0 Å². The molecular formula is C12H8Br2ClNO. The van der Waals surface area contributed by atoms with Crippen molar-refractivity contribution in [1.82, 2.24) is 4.98 Å². The largest absolute Gasteiger partial charge is 0.485 e. The fraction of sp³-hybridized carbons (Fsp3) is 0.0833. The number of pyridine rings is 1. The van der Waals surface area contributed by atoms with Crippen molar-refractivity contribution in [2.75, 3.05) is 0 Å². The summed E-state index contributed by atoms with van der Waals surface area (Å²) < 4.78 is 7.49. The second kappa shape index (κ2) is 5.85. The number of rotatable bonds is 3. The van der Waals surface area contributed by atoms with E-state index >= 15 is 0 Å². The summed E-state index contributed by atoms with van der Waals surface area (Å²) in [5.74, 6) is 0.759. The van der Waals surface area contributed by atoms with E-state index in [1.165, 1.54) is 0 Å². The summed E-state index contributed by atoms with van der Waals surface area (Å²) in [5, 5.41) is 0.657. The molecule has 0 saturated heterocycles. The zero-order valence-corrected chi connectivity index (χ0v) is 12.6. The summed E-state index contributed by atoms with van der Waals surface area (Å²) in [6, 6.07) is 9.29. The molecule has 0 fully saturated rings. The average Bonchev–Trinajstić information content (AvgIpc) is 2.28. The van der Waals surface area contributed by atoms with Gasteiger partial charge in [-0.3, -0.25) is 4.98 Å². The summed E-state index contributed by atoms with van der Waals surface area (Å²) in [6.07, 6.45) is 1.66. The van der Waals surface area contributed by atoms with Gasteiger partial charge in [0.15, 0.2) is 0 Å². The monoisotopic (exact) mass is 375 g/mol. The molecule has 0 radical (unpaired) electrons. The number of para-hydroxylation sites is 1. The lowest BCUT2D eigenvalue weighted by Gasteiger charge is -2.09. The number of ether oxygens (including phenoxy) is 1. The van der Waals surface area contributed by atoms with Crippen molar-refractivity contribution >= 4 is 43.5 Å².